The van der Waals surface area contributed by atoms with Crippen molar-refractivity contribution in [3.05, 3.63) is 45.2 Å². The zero-order valence-electron chi connectivity index (χ0n) is 25.0. The Hall–Kier alpha value is -2.86. The normalized spacial score (nSPS) is 20.3. The van der Waals surface area contributed by atoms with E-state index in [1.165, 1.54) is 17.4 Å². The fraction of sp³-hybridized carbons (Fsp3) is 0.633. The Balaban J connectivity index is 1.59. The van der Waals surface area contributed by atoms with Gasteiger partial charge in [-0.3, -0.25) is 4.79 Å². The first-order chi connectivity index (χ1) is 19.5. The lowest BCUT2D eigenvalue weighted by Gasteiger charge is -2.24. The van der Waals surface area contributed by atoms with Crippen LogP contribution in [0.25, 0.3) is 0 Å². The van der Waals surface area contributed by atoms with Crippen LogP contribution in [-0.4, -0.2) is 59.5 Å². The average molecular weight is 612 g/mol. The lowest BCUT2D eigenvalue weighted by atomic mass is 9.95. The van der Waals surface area contributed by atoms with Crippen LogP contribution in [0.5, 0.6) is 5.75 Å². The van der Waals surface area contributed by atoms with E-state index in [4.69, 9.17) is 14.2 Å². The second-order valence-corrected chi connectivity index (χ2v) is 13.9. The highest BCUT2D eigenvalue weighted by Crippen LogP contribution is 2.34. The van der Waals surface area contributed by atoms with E-state index in [9.17, 15) is 22.8 Å². The number of carbonyl (C=O) groups is 2. The number of hydrogen-bond acceptors (Lipinski definition) is 6. The maximum absolute atomic E-state index is 13.6. The predicted molar refractivity (Wildman–Crippen MR) is 153 cm³/mol. The molecule has 2 atom stereocenters. The first-order valence-corrected chi connectivity index (χ1v) is 15.0. The molecule has 2 aromatic rings. The minimum atomic E-state index is -4.64. The Kier molecular flexibility index (Phi) is 9.46. The molecule has 1 aromatic carbocycles. The molecular formula is C30H40F3N3O5S. The number of alkyl halides is 3. The molecule has 1 aromatic heterocycles. The predicted octanol–water partition coefficient (Wildman–Crippen LogP) is 6.42. The molecule has 0 spiro atoms. The van der Waals surface area contributed by atoms with Crippen molar-refractivity contribution in [2.24, 2.45) is 10.9 Å². The summed E-state index contributed by atoms with van der Waals surface area (Å²) < 4.78 is 59.9. The molecule has 0 N–H and O–H groups in total. The molecule has 0 saturated carbocycles. The number of nitrogens with zero attached hydrogens (tertiary/aromatic N) is 3. The first-order valence-electron chi connectivity index (χ1n) is 14.2. The second kappa shape index (κ2) is 12.4. The SMILES string of the molecule is CC(C)(C)OC(=O)N1CC[C@@H](COc2ccc(C(F)(F)F)cc2C(=O)N=c2sc(C(C)(C)C)cn2C[C@H]2CCCO2)C1. The largest absolute Gasteiger partial charge is 0.492 e. The quantitative estimate of drug-likeness (QED) is 0.377. The molecule has 2 fully saturated rings. The van der Waals surface area contributed by atoms with Crippen LogP contribution in [0.3, 0.4) is 0 Å². The molecule has 0 radical (unpaired) electrons. The van der Waals surface area contributed by atoms with Crippen molar-refractivity contribution in [2.75, 3.05) is 26.3 Å². The standard InChI is InChI=1S/C30H40F3N3O5S/c1-28(2,3)24-17-36(16-21-8-7-13-39-21)26(42-24)34-25(37)22-14-20(30(31,32)33)9-10-23(22)40-18-19-11-12-35(15-19)27(38)41-29(4,5)6/h9-10,14,17,19,21H,7-8,11-13,15-16,18H2,1-6H3/t19-,21-/m1/s1. The van der Waals surface area contributed by atoms with Crippen LogP contribution >= 0.6 is 11.3 Å². The molecule has 3 heterocycles. The lowest BCUT2D eigenvalue weighted by Crippen LogP contribution is -2.35. The van der Waals surface area contributed by atoms with Crippen LogP contribution in [0.15, 0.2) is 29.4 Å². The van der Waals surface area contributed by atoms with E-state index in [1.54, 1.807) is 25.7 Å². The van der Waals surface area contributed by atoms with E-state index in [0.717, 1.165) is 29.9 Å². The van der Waals surface area contributed by atoms with E-state index in [2.05, 4.69) is 4.99 Å². The van der Waals surface area contributed by atoms with Gasteiger partial charge in [-0.15, -0.1) is 11.3 Å². The maximum Gasteiger partial charge on any atom is 0.416 e. The Morgan fingerprint density at radius 2 is 1.86 bits per heavy atom. The van der Waals surface area contributed by atoms with Gasteiger partial charge >= 0.3 is 12.3 Å². The minimum Gasteiger partial charge on any atom is -0.492 e. The van der Waals surface area contributed by atoms with Gasteiger partial charge in [0.1, 0.15) is 11.4 Å². The molecule has 12 heteroatoms. The van der Waals surface area contributed by atoms with Crippen LogP contribution in [0.2, 0.25) is 0 Å². The number of carbonyl (C=O) groups excluding carboxylic acids is 2. The summed E-state index contributed by atoms with van der Waals surface area (Å²) in [6, 6.07) is 2.86. The van der Waals surface area contributed by atoms with Crippen molar-refractivity contribution in [3.8, 4) is 5.75 Å². The Morgan fingerprint density at radius 3 is 2.48 bits per heavy atom. The summed E-state index contributed by atoms with van der Waals surface area (Å²) >= 11 is 1.34. The third-order valence-electron chi connectivity index (χ3n) is 7.03. The maximum atomic E-state index is 13.6. The Bertz CT molecular complexity index is 1350. The van der Waals surface area contributed by atoms with E-state index in [-0.39, 0.29) is 35.4 Å². The number of aromatic nitrogens is 1. The summed E-state index contributed by atoms with van der Waals surface area (Å²) in [5, 5.41) is 0. The molecule has 0 aliphatic carbocycles. The van der Waals surface area contributed by atoms with Gasteiger partial charge in [0.2, 0.25) is 0 Å². The highest BCUT2D eigenvalue weighted by atomic mass is 32.1. The van der Waals surface area contributed by atoms with Crippen LogP contribution in [0, 0.1) is 5.92 Å². The zero-order valence-corrected chi connectivity index (χ0v) is 25.9. The summed E-state index contributed by atoms with van der Waals surface area (Å²) in [4.78, 5) is 33.2. The molecule has 232 valence electrons. The van der Waals surface area contributed by atoms with Crippen molar-refractivity contribution >= 4 is 23.3 Å². The number of halogens is 3. The third kappa shape index (κ3) is 8.37. The summed E-state index contributed by atoms with van der Waals surface area (Å²) in [6.45, 7) is 13.7. The van der Waals surface area contributed by atoms with E-state index < -0.39 is 29.3 Å². The monoisotopic (exact) mass is 611 g/mol. The Morgan fingerprint density at radius 1 is 1.12 bits per heavy atom. The summed E-state index contributed by atoms with van der Waals surface area (Å²) in [5.41, 5.74) is -2.05. The van der Waals surface area contributed by atoms with Crippen molar-refractivity contribution < 1.29 is 37.0 Å². The summed E-state index contributed by atoms with van der Waals surface area (Å²) in [6.07, 6.45) is -0.653. The highest BCUT2D eigenvalue weighted by Gasteiger charge is 2.33. The highest BCUT2D eigenvalue weighted by molar-refractivity contribution is 7.09. The van der Waals surface area contributed by atoms with Gasteiger partial charge in [-0.05, 0) is 63.6 Å². The van der Waals surface area contributed by atoms with Gasteiger partial charge in [-0.2, -0.15) is 18.2 Å². The smallest absolute Gasteiger partial charge is 0.416 e. The molecule has 0 bridgehead atoms. The number of likely N-dealkylation sites (tertiary alicyclic amines) is 1. The molecule has 0 unspecified atom stereocenters. The van der Waals surface area contributed by atoms with Gasteiger partial charge in [0, 0.05) is 36.7 Å². The third-order valence-corrected chi connectivity index (χ3v) is 8.48. The average Bonchev–Trinajstić information content (AvgIpc) is 3.63. The summed E-state index contributed by atoms with van der Waals surface area (Å²) in [5.74, 6) is -0.869. The number of benzene rings is 1. The van der Waals surface area contributed by atoms with Crippen molar-refractivity contribution in [3.63, 3.8) is 0 Å². The fourth-order valence-electron chi connectivity index (χ4n) is 4.77. The summed E-state index contributed by atoms with van der Waals surface area (Å²) in [7, 11) is 0. The number of hydrogen-bond donors (Lipinski definition) is 0. The molecule has 2 aliphatic rings. The van der Waals surface area contributed by atoms with E-state index in [1.807, 2.05) is 31.5 Å². The van der Waals surface area contributed by atoms with Crippen LogP contribution in [0.4, 0.5) is 18.0 Å². The van der Waals surface area contributed by atoms with Crippen molar-refractivity contribution in [1.82, 2.24) is 9.47 Å². The Labute approximate surface area is 248 Å². The van der Waals surface area contributed by atoms with Crippen LogP contribution < -0.4 is 9.54 Å². The first kappa shape index (κ1) is 32.1. The van der Waals surface area contributed by atoms with E-state index >= 15 is 0 Å². The van der Waals surface area contributed by atoms with Gasteiger partial charge in [-0.1, -0.05) is 20.8 Å². The van der Waals surface area contributed by atoms with Gasteiger partial charge in [0.05, 0.1) is 30.4 Å². The van der Waals surface area contributed by atoms with Gasteiger partial charge in [-0.25, -0.2) is 4.79 Å². The number of rotatable bonds is 6. The van der Waals surface area contributed by atoms with Crippen molar-refractivity contribution in [2.45, 2.75) is 90.6 Å². The molecule has 4 rings (SSSR count). The number of thiazole rings is 1. The molecule has 8 nitrogen and oxygen atoms in total. The molecule has 2 aliphatic heterocycles. The van der Waals surface area contributed by atoms with Crippen molar-refractivity contribution in [1.29, 1.82) is 0 Å². The number of ether oxygens (including phenoxy) is 3. The van der Waals surface area contributed by atoms with E-state index in [0.29, 0.717) is 37.5 Å². The second-order valence-electron chi connectivity index (χ2n) is 12.9. The lowest BCUT2D eigenvalue weighted by molar-refractivity contribution is -0.137. The topological polar surface area (TPSA) is 82.4 Å². The molecule has 42 heavy (non-hydrogen) atoms. The van der Waals surface area contributed by atoms with Crippen LogP contribution in [-0.2, 0) is 27.6 Å². The fourth-order valence-corrected chi connectivity index (χ4v) is 5.82. The number of amides is 2. The van der Waals surface area contributed by atoms with Gasteiger partial charge in [0.25, 0.3) is 5.91 Å². The minimum absolute atomic E-state index is 0.0134. The van der Waals surface area contributed by atoms with Gasteiger partial charge < -0.3 is 23.7 Å². The van der Waals surface area contributed by atoms with Gasteiger partial charge in [0.15, 0.2) is 4.80 Å². The molecular weight excluding hydrogens is 571 g/mol. The molecule has 2 saturated heterocycles. The van der Waals surface area contributed by atoms with Crippen LogP contribution in [0.1, 0.15) is 81.6 Å². The zero-order chi connectivity index (χ0) is 30.9. The molecule has 2 amide bonds.